The van der Waals surface area contributed by atoms with Crippen molar-refractivity contribution < 1.29 is 22.9 Å². The van der Waals surface area contributed by atoms with Gasteiger partial charge in [-0.3, -0.25) is 4.90 Å². The van der Waals surface area contributed by atoms with Gasteiger partial charge in [-0.05, 0) is 82.3 Å². The van der Waals surface area contributed by atoms with Crippen molar-refractivity contribution >= 4 is 60.8 Å². The Bertz CT molecular complexity index is 1920. The van der Waals surface area contributed by atoms with Gasteiger partial charge >= 0.3 is 0 Å². The van der Waals surface area contributed by atoms with Crippen LogP contribution in [0.15, 0.2) is 47.6 Å². The van der Waals surface area contributed by atoms with Gasteiger partial charge in [-0.2, -0.15) is 4.31 Å². The summed E-state index contributed by atoms with van der Waals surface area (Å²) in [5.41, 5.74) is 2.51. The second-order valence-electron chi connectivity index (χ2n) is 13.5. The summed E-state index contributed by atoms with van der Waals surface area (Å²) in [5.74, 6) is 2.42. The zero-order valence-electron chi connectivity index (χ0n) is 29.2. The number of ether oxygens (including phenoxy) is 2. The first-order valence-corrected chi connectivity index (χ1v) is 19.4. The Morgan fingerprint density at radius 1 is 1.04 bits per heavy atom. The number of likely N-dealkylation sites (N-methyl/N-ethyl adjacent to an activating group) is 1. The molecule has 13 nitrogen and oxygen atoms in total. The number of thiocarbonyl (C=S) groups is 1. The third kappa shape index (κ3) is 7.19. The summed E-state index contributed by atoms with van der Waals surface area (Å²) in [6.45, 7) is 10.6. The second-order valence-corrected chi connectivity index (χ2v) is 15.8. The number of benzene rings is 2. The van der Waals surface area contributed by atoms with Crippen LogP contribution in [0.4, 0.5) is 11.5 Å². The van der Waals surface area contributed by atoms with Crippen molar-refractivity contribution in [1.29, 1.82) is 0 Å². The average molecular weight is 723 g/mol. The number of aromatic amines is 2. The third-order valence-electron chi connectivity index (χ3n) is 10.3. The molecule has 268 valence electrons. The van der Waals surface area contributed by atoms with Crippen molar-refractivity contribution in [3.63, 3.8) is 0 Å². The van der Waals surface area contributed by atoms with E-state index in [0.717, 1.165) is 91.4 Å². The Morgan fingerprint density at radius 2 is 1.80 bits per heavy atom. The van der Waals surface area contributed by atoms with Gasteiger partial charge in [-0.1, -0.05) is 4.98 Å². The van der Waals surface area contributed by atoms with Crippen LogP contribution in [-0.2, 0) is 10.0 Å². The molecule has 0 amide bonds. The van der Waals surface area contributed by atoms with Crippen molar-refractivity contribution in [2.45, 2.75) is 37.1 Å². The number of nitrogens with zero attached hydrogens (tertiary/aromatic N) is 6. The number of H-pyrrole nitrogens is 2. The summed E-state index contributed by atoms with van der Waals surface area (Å²) < 4.78 is 39.8. The highest BCUT2D eigenvalue weighted by molar-refractivity contribution is 7.89. The first kappa shape index (κ1) is 34.7. The van der Waals surface area contributed by atoms with E-state index in [-0.39, 0.29) is 0 Å². The molecule has 3 N–H and O–H groups in total. The first-order chi connectivity index (χ1) is 24.2. The third-order valence-corrected chi connectivity index (χ3v) is 12.6. The van der Waals surface area contributed by atoms with E-state index in [1.165, 1.54) is 19.4 Å². The van der Waals surface area contributed by atoms with Crippen molar-refractivity contribution in [1.82, 2.24) is 29.0 Å². The lowest BCUT2D eigenvalue weighted by Gasteiger charge is -2.34. The Hall–Kier alpha value is -3.76. The maximum Gasteiger partial charge on any atom is 0.243 e. The smallest absolute Gasteiger partial charge is 0.243 e. The van der Waals surface area contributed by atoms with Crippen molar-refractivity contribution in [2.75, 3.05) is 96.4 Å². The van der Waals surface area contributed by atoms with E-state index in [4.69, 9.17) is 21.7 Å². The number of hydrogen-bond donors (Lipinski definition) is 2. The minimum absolute atomic E-state index is 0.299. The van der Waals surface area contributed by atoms with Crippen molar-refractivity contribution in [3.05, 3.63) is 42.7 Å². The molecular formula is C35H48N9O4S2+. The second kappa shape index (κ2) is 14.8. The molecule has 0 spiro atoms. The Balaban J connectivity index is 0.982. The number of likely N-dealkylation sites (tertiary alicyclic amines) is 1. The maximum absolute atomic E-state index is 13.1. The van der Waals surface area contributed by atoms with Crippen LogP contribution < -0.4 is 24.7 Å². The van der Waals surface area contributed by atoms with Gasteiger partial charge in [-0.25, -0.2) is 13.4 Å². The maximum atomic E-state index is 13.1. The Kier molecular flexibility index (Phi) is 10.3. The summed E-state index contributed by atoms with van der Waals surface area (Å²) in [5, 5.41) is 5.95. The van der Waals surface area contributed by atoms with E-state index >= 15 is 0 Å². The van der Waals surface area contributed by atoms with E-state index in [2.05, 4.69) is 46.8 Å². The lowest BCUT2D eigenvalue weighted by Crippen LogP contribution is -2.51. The highest BCUT2D eigenvalue weighted by atomic mass is 32.2. The van der Waals surface area contributed by atoms with Crippen LogP contribution in [0.5, 0.6) is 11.5 Å². The number of methoxy groups -OCH3 is 1. The van der Waals surface area contributed by atoms with Gasteiger partial charge in [0, 0.05) is 55.9 Å². The van der Waals surface area contributed by atoms with Gasteiger partial charge in [0.1, 0.15) is 5.39 Å². The van der Waals surface area contributed by atoms with Gasteiger partial charge in [0.2, 0.25) is 27.8 Å². The molecule has 50 heavy (non-hydrogen) atoms. The summed E-state index contributed by atoms with van der Waals surface area (Å²) in [6, 6.07) is 11.6. The fourth-order valence-corrected chi connectivity index (χ4v) is 9.00. The van der Waals surface area contributed by atoms with Crippen LogP contribution in [-0.4, -0.2) is 135 Å². The molecule has 15 heteroatoms. The van der Waals surface area contributed by atoms with Crippen LogP contribution in [0.3, 0.4) is 0 Å². The lowest BCUT2D eigenvalue weighted by molar-refractivity contribution is -0.367. The van der Waals surface area contributed by atoms with Crippen LogP contribution in [0.25, 0.3) is 21.9 Å². The number of anilines is 2. The molecule has 0 aliphatic carbocycles. The van der Waals surface area contributed by atoms with Crippen molar-refractivity contribution in [3.8, 4) is 11.5 Å². The molecule has 0 saturated carbocycles. The highest BCUT2D eigenvalue weighted by Crippen LogP contribution is 2.38. The molecule has 3 fully saturated rings. The number of piperazine rings is 2. The zero-order chi connectivity index (χ0) is 34.8. The van der Waals surface area contributed by atoms with E-state index in [1.54, 1.807) is 42.0 Å². The van der Waals surface area contributed by atoms with Gasteiger partial charge in [0.15, 0.2) is 16.6 Å². The standard InChI is InChI=1S/C35H47N9O4S2/c1-25-6-4-11-41(25)12-5-21-48-31-23-29-28(22-30(31)47-3)32-33(39-29)36-24-37-34(32)42-15-17-43(18-16-42)35(49)38-26-7-9-27(10-8-26)50(45,46)44-19-13-40(2)14-20-44/h7-10,22-25H,4-6,11-21H2,1-3H3,(H,38,49)(H,36,37,39)/p+1. The van der Waals surface area contributed by atoms with Gasteiger partial charge in [0.05, 0.1) is 50.3 Å². The SMILES string of the molecule is COc1cc2c(cc1OCCCN1CCCC1C)[nH]c1nc[nH+]c(N3CCN(C(=S)Nc4ccc(S(=O)(=O)N5CCN(C)CC5)cc4)CC3)c12. The molecule has 3 saturated heterocycles. The molecular weight excluding hydrogens is 675 g/mol. The van der Waals surface area contributed by atoms with Crippen molar-refractivity contribution in [2.24, 2.45) is 0 Å². The molecule has 2 aromatic carbocycles. The molecule has 2 aromatic heterocycles. The molecule has 1 unspecified atom stereocenters. The number of fused-ring (bicyclic) bond motifs is 3. The highest BCUT2D eigenvalue weighted by Gasteiger charge is 2.29. The molecule has 0 bridgehead atoms. The van der Waals surface area contributed by atoms with Gasteiger partial charge in [-0.15, -0.1) is 0 Å². The van der Waals surface area contributed by atoms with Crippen LogP contribution >= 0.6 is 12.2 Å². The summed E-state index contributed by atoms with van der Waals surface area (Å²) >= 11 is 5.78. The van der Waals surface area contributed by atoms with E-state index in [0.29, 0.717) is 41.5 Å². The molecule has 7 rings (SSSR count). The molecule has 3 aliphatic rings. The predicted molar refractivity (Wildman–Crippen MR) is 200 cm³/mol. The molecule has 3 aliphatic heterocycles. The largest absolute Gasteiger partial charge is 0.493 e. The summed E-state index contributed by atoms with van der Waals surface area (Å²) in [6.07, 6.45) is 5.26. The summed E-state index contributed by atoms with van der Waals surface area (Å²) in [7, 11) is 0.171. The van der Waals surface area contributed by atoms with Gasteiger partial charge in [0.25, 0.3) is 0 Å². The Labute approximate surface area is 299 Å². The predicted octanol–water partition coefficient (Wildman–Crippen LogP) is 3.25. The van der Waals surface area contributed by atoms with Gasteiger partial charge < -0.3 is 34.5 Å². The molecule has 0 radical (unpaired) electrons. The van der Waals surface area contributed by atoms with E-state index < -0.39 is 10.0 Å². The fourth-order valence-electron chi connectivity index (χ4n) is 7.27. The number of sulfonamides is 1. The number of aromatic nitrogens is 3. The zero-order valence-corrected chi connectivity index (χ0v) is 30.8. The minimum atomic E-state index is -3.52. The average Bonchev–Trinajstić information content (AvgIpc) is 3.72. The van der Waals surface area contributed by atoms with E-state index in [9.17, 15) is 8.42 Å². The normalized spacial score (nSPS) is 19.8. The number of rotatable bonds is 10. The monoisotopic (exact) mass is 722 g/mol. The van der Waals surface area contributed by atoms with Crippen LogP contribution in [0.2, 0.25) is 0 Å². The quantitative estimate of drug-likeness (QED) is 0.185. The topological polar surface area (TPSA) is 124 Å². The summed E-state index contributed by atoms with van der Waals surface area (Å²) in [4.78, 5) is 21.0. The molecule has 5 heterocycles. The van der Waals surface area contributed by atoms with E-state index in [1.807, 2.05) is 19.2 Å². The first-order valence-electron chi connectivity index (χ1n) is 17.6. The number of nitrogens with one attached hydrogen (secondary N) is 3. The lowest BCUT2D eigenvalue weighted by atomic mass is 10.1. The molecule has 1 atom stereocenters. The fraction of sp³-hybridized carbons (Fsp3) is 0.514. The number of hydrogen-bond acceptors (Lipinski definition) is 9. The molecule has 4 aromatic rings. The Morgan fingerprint density at radius 3 is 2.50 bits per heavy atom. The van der Waals surface area contributed by atoms with Crippen LogP contribution in [0.1, 0.15) is 26.2 Å². The van der Waals surface area contributed by atoms with Crippen LogP contribution in [0, 0.1) is 0 Å². The minimum Gasteiger partial charge on any atom is -0.493 e.